The molecule has 1 aliphatic rings. The van der Waals surface area contributed by atoms with Gasteiger partial charge in [-0.3, -0.25) is 4.98 Å². The van der Waals surface area contributed by atoms with Crippen molar-refractivity contribution in [3.63, 3.8) is 0 Å². The minimum atomic E-state index is -0.351. The highest BCUT2D eigenvalue weighted by Gasteiger charge is 2.42. The molecule has 0 spiro atoms. The molecule has 5 rings (SSSR count). The third kappa shape index (κ3) is 3.65. The molecule has 0 unspecified atom stereocenters. The number of thiocarbonyl (C=S) groups is 1. The zero-order valence-corrected chi connectivity index (χ0v) is 17.9. The number of hydrogen-bond donors (Lipinski definition) is 1. The number of furan rings is 1. The molecule has 0 aliphatic carbocycles. The molecule has 1 saturated heterocycles. The van der Waals surface area contributed by atoms with Crippen molar-refractivity contribution in [3.8, 4) is 11.3 Å². The summed E-state index contributed by atoms with van der Waals surface area (Å²) in [5, 5.41) is 3.85. The van der Waals surface area contributed by atoms with E-state index in [1.165, 1.54) is 18.2 Å². The lowest BCUT2D eigenvalue weighted by molar-refractivity contribution is 0.439. The van der Waals surface area contributed by atoms with Crippen molar-refractivity contribution in [2.45, 2.75) is 19.0 Å². The van der Waals surface area contributed by atoms with Crippen LogP contribution in [0.4, 0.5) is 14.5 Å². The molecular formula is C25H19F2N3OS. The van der Waals surface area contributed by atoms with Crippen molar-refractivity contribution in [2.75, 3.05) is 4.90 Å². The fourth-order valence-corrected chi connectivity index (χ4v) is 4.33. The monoisotopic (exact) mass is 447 g/mol. The van der Waals surface area contributed by atoms with Crippen molar-refractivity contribution in [3.05, 3.63) is 108 Å². The Morgan fingerprint density at radius 2 is 1.81 bits per heavy atom. The van der Waals surface area contributed by atoms with Gasteiger partial charge in [-0.1, -0.05) is 6.07 Å². The van der Waals surface area contributed by atoms with Gasteiger partial charge in [0.2, 0.25) is 0 Å². The number of rotatable bonds is 4. The summed E-state index contributed by atoms with van der Waals surface area (Å²) in [4.78, 5) is 6.44. The van der Waals surface area contributed by atoms with Crippen LogP contribution in [0.15, 0.2) is 83.4 Å². The molecule has 3 heterocycles. The molecule has 0 radical (unpaired) electrons. The molecule has 2 atom stereocenters. The molecule has 1 N–H and O–H groups in total. The summed E-state index contributed by atoms with van der Waals surface area (Å²) in [5.74, 6) is 0.697. The average molecular weight is 448 g/mol. The standard InChI is InChI=1S/C25H19F2N3OS/c1-15-14-18(9-10-19(15)27)30-24(23(29-25(30)32)20-4-2-3-13-28-20)22-12-11-21(31-22)16-5-7-17(26)8-6-16/h2-14,23-24H,1H3,(H,29,32)/t23-,24+/m1/s1. The minimum absolute atomic E-state index is 0.277. The van der Waals surface area contributed by atoms with Gasteiger partial charge in [-0.15, -0.1) is 0 Å². The van der Waals surface area contributed by atoms with Crippen LogP contribution in [-0.4, -0.2) is 10.1 Å². The first kappa shape index (κ1) is 20.3. The van der Waals surface area contributed by atoms with E-state index in [0.717, 1.165) is 16.9 Å². The molecular weight excluding hydrogens is 428 g/mol. The highest BCUT2D eigenvalue weighted by Crippen LogP contribution is 2.43. The topological polar surface area (TPSA) is 41.3 Å². The lowest BCUT2D eigenvalue weighted by Crippen LogP contribution is -2.29. The number of nitrogens with one attached hydrogen (secondary N) is 1. The second-order valence-corrected chi connectivity index (χ2v) is 8.03. The number of aromatic nitrogens is 1. The van der Waals surface area contributed by atoms with Gasteiger partial charge in [-0.05, 0) is 91.4 Å². The minimum Gasteiger partial charge on any atom is -0.459 e. The van der Waals surface area contributed by atoms with Gasteiger partial charge in [0, 0.05) is 17.4 Å². The van der Waals surface area contributed by atoms with E-state index in [9.17, 15) is 8.78 Å². The zero-order chi connectivity index (χ0) is 22.2. The van der Waals surface area contributed by atoms with E-state index in [-0.39, 0.29) is 23.7 Å². The van der Waals surface area contributed by atoms with Gasteiger partial charge in [0.05, 0.1) is 11.7 Å². The van der Waals surface area contributed by atoms with Crippen LogP contribution in [-0.2, 0) is 0 Å². The van der Waals surface area contributed by atoms with Gasteiger partial charge in [0.1, 0.15) is 29.2 Å². The second kappa shape index (κ2) is 8.16. The van der Waals surface area contributed by atoms with Gasteiger partial charge in [-0.2, -0.15) is 0 Å². The summed E-state index contributed by atoms with van der Waals surface area (Å²) in [6.45, 7) is 1.72. The Labute approximate surface area is 189 Å². The highest BCUT2D eigenvalue weighted by atomic mass is 32.1. The molecule has 1 fully saturated rings. The van der Waals surface area contributed by atoms with Gasteiger partial charge in [-0.25, -0.2) is 8.78 Å². The molecule has 7 heteroatoms. The fraction of sp³-hybridized carbons (Fsp3) is 0.120. The highest BCUT2D eigenvalue weighted by molar-refractivity contribution is 7.80. The first-order valence-corrected chi connectivity index (χ1v) is 10.5. The Balaban J connectivity index is 1.60. The zero-order valence-electron chi connectivity index (χ0n) is 17.1. The molecule has 160 valence electrons. The number of anilines is 1. The maximum atomic E-state index is 13.9. The number of benzene rings is 2. The van der Waals surface area contributed by atoms with E-state index < -0.39 is 0 Å². The molecule has 4 nitrogen and oxygen atoms in total. The average Bonchev–Trinajstić information content (AvgIpc) is 3.41. The maximum Gasteiger partial charge on any atom is 0.174 e. The van der Waals surface area contributed by atoms with Crippen molar-refractivity contribution in [1.82, 2.24) is 10.3 Å². The smallest absolute Gasteiger partial charge is 0.174 e. The predicted octanol–water partition coefficient (Wildman–Crippen LogP) is 6.11. The Bertz CT molecular complexity index is 1270. The van der Waals surface area contributed by atoms with Crippen molar-refractivity contribution in [2.24, 2.45) is 0 Å². The van der Waals surface area contributed by atoms with Crippen LogP contribution in [0.25, 0.3) is 11.3 Å². The summed E-state index contributed by atoms with van der Waals surface area (Å²) < 4.78 is 33.5. The van der Waals surface area contributed by atoms with Crippen LogP contribution >= 0.6 is 12.2 Å². The van der Waals surface area contributed by atoms with E-state index >= 15 is 0 Å². The summed E-state index contributed by atoms with van der Waals surface area (Å²) in [6, 6.07) is 19.9. The molecule has 32 heavy (non-hydrogen) atoms. The van der Waals surface area contributed by atoms with Crippen LogP contribution in [0.5, 0.6) is 0 Å². The maximum absolute atomic E-state index is 13.9. The van der Waals surface area contributed by atoms with E-state index in [4.69, 9.17) is 16.6 Å². The normalized spacial score (nSPS) is 18.1. The second-order valence-electron chi connectivity index (χ2n) is 7.64. The number of pyridine rings is 1. The molecule has 4 aromatic rings. The number of aryl methyl sites for hydroxylation is 1. The van der Waals surface area contributed by atoms with Gasteiger partial charge < -0.3 is 14.6 Å². The summed E-state index contributed by atoms with van der Waals surface area (Å²) in [6.07, 6.45) is 1.73. The number of halogens is 2. The number of hydrogen-bond acceptors (Lipinski definition) is 3. The van der Waals surface area contributed by atoms with E-state index in [2.05, 4.69) is 10.3 Å². The molecule has 1 aliphatic heterocycles. The Hall–Kier alpha value is -3.58. The van der Waals surface area contributed by atoms with Gasteiger partial charge in [0.25, 0.3) is 0 Å². The van der Waals surface area contributed by atoms with Crippen LogP contribution in [0.1, 0.15) is 29.1 Å². The Morgan fingerprint density at radius 3 is 2.53 bits per heavy atom. The lowest BCUT2D eigenvalue weighted by Gasteiger charge is -2.26. The van der Waals surface area contributed by atoms with Crippen LogP contribution in [0.2, 0.25) is 0 Å². The molecule has 0 saturated carbocycles. The van der Waals surface area contributed by atoms with E-state index in [0.29, 0.717) is 22.2 Å². The third-order valence-electron chi connectivity index (χ3n) is 5.56. The van der Waals surface area contributed by atoms with Crippen LogP contribution < -0.4 is 10.2 Å². The molecule has 0 amide bonds. The van der Waals surface area contributed by atoms with Gasteiger partial charge >= 0.3 is 0 Å². The fourth-order valence-electron chi connectivity index (χ4n) is 3.98. The van der Waals surface area contributed by atoms with Crippen molar-refractivity contribution < 1.29 is 13.2 Å². The van der Waals surface area contributed by atoms with E-state index in [1.807, 2.05) is 35.2 Å². The van der Waals surface area contributed by atoms with Crippen molar-refractivity contribution in [1.29, 1.82) is 0 Å². The largest absolute Gasteiger partial charge is 0.459 e. The SMILES string of the molecule is Cc1cc(N2C(=S)N[C@H](c3ccccn3)[C@@H]2c2ccc(-c3ccc(F)cc3)o2)ccc1F. The molecule has 2 aromatic carbocycles. The summed E-state index contributed by atoms with van der Waals surface area (Å²) in [5.41, 5.74) is 2.85. The first-order chi connectivity index (χ1) is 15.5. The summed E-state index contributed by atoms with van der Waals surface area (Å²) in [7, 11) is 0. The number of nitrogens with zero attached hydrogens (tertiary/aromatic N) is 2. The molecule has 2 aromatic heterocycles. The summed E-state index contributed by atoms with van der Waals surface area (Å²) >= 11 is 5.68. The first-order valence-electron chi connectivity index (χ1n) is 10.1. The van der Waals surface area contributed by atoms with Crippen LogP contribution in [0.3, 0.4) is 0 Å². The van der Waals surface area contributed by atoms with E-state index in [1.54, 1.807) is 37.4 Å². The van der Waals surface area contributed by atoms with Crippen molar-refractivity contribution >= 4 is 23.0 Å². The van der Waals surface area contributed by atoms with Gasteiger partial charge in [0.15, 0.2) is 5.11 Å². The predicted molar refractivity (Wildman–Crippen MR) is 123 cm³/mol. The Kier molecular flexibility index (Phi) is 5.19. The molecule has 0 bridgehead atoms. The van der Waals surface area contributed by atoms with Crippen LogP contribution in [0, 0.1) is 18.6 Å². The quantitative estimate of drug-likeness (QED) is 0.383. The third-order valence-corrected chi connectivity index (χ3v) is 5.88. The lowest BCUT2D eigenvalue weighted by atomic mass is 10.0. The Morgan fingerprint density at radius 1 is 1.00 bits per heavy atom.